The van der Waals surface area contributed by atoms with Crippen LogP contribution < -0.4 is 11.1 Å². The van der Waals surface area contributed by atoms with Crippen LogP contribution in [-0.2, 0) is 9.59 Å². The molecule has 0 amide bonds. The van der Waals surface area contributed by atoms with Crippen LogP contribution in [0.5, 0.6) is 0 Å². The van der Waals surface area contributed by atoms with Crippen LogP contribution in [0, 0.1) is 0 Å². The number of carboxylic acids is 2. The molecule has 1 rings (SSSR count). The number of hydrogen-bond donors (Lipinski definition) is 4. The third kappa shape index (κ3) is 1.85. The molecule has 1 unspecified atom stereocenters. The highest BCUT2D eigenvalue weighted by Gasteiger charge is 2.21. The molecule has 1 aliphatic rings. The summed E-state index contributed by atoms with van der Waals surface area (Å²) >= 11 is 0. The van der Waals surface area contributed by atoms with Crippen LogP contribution >= 0.6 is 0 Å². The first-order chi connectivity index (χ1) is 6.02. The van der Waals surface area contributed by atoms with E-state index in [2.05, 4.69) is 5.32 Å². The lowest BCUT2D eigenvalue weighted by molar-refractivity contribution is -0.133. The van der Waals surface area contributed by atoms with Crippen LogP contribution in [0.25, 0.3) is 0 Å². The second kappa shape index (κ2) is 3.28. The molecule has 70 valence electrons. The third-order valence-electron chi connectivity index (χ3n) is 1.56. The summed E-state index contributed by atoms with van der Waals surface area (Å²) in [7, 11) is 0. The van der Waals surface area contributed by atoms with Crippen LogP contribution in [0.4, 0.5) is 0 Å². The van der Waals surface area contributed by atoms with Gasteiger partial charge in [-0.25, -0.2) is 9.59 Å². The molecule has 0 saturated heterocycles. The van der Waals surface area contributed by atoms with E-state index in [1.807, 2.05) is 0 Å². The van der Waals surface area contributed by atoms with Gasteiger partial charge in [0.05, 0.1) is 11.1 Å². The van der Waals surface area contributed by atoms with Crippen molar-refractivity contribution in [3.8, 4) is 0 Å². The summed E-state index contributed by atoms with van der Waals surface area (Å²) in [5.74, 6) is -2.43. The topological polar surface area (TPSA) is 113 Å². The lowest BCUT2D eigenvalue weighted by atomic mass is 10.1. The molecule has 0 aromatic heterocycles. The number of dihydropyridines is 1. The van der Waals surface area contributed by atoms with Gasteiger partial charge in [-0.3, -0.25) is 0 Å². The zero-order chi connectivity index (χ0) is 10.0. The molecule has 0 fully saturated rings. The van der Waals surface area contributed by atoms with Crippen molar-refractivity contribution in [1.29, 1.82) is 0 Å². The van der Waals surface area contributed by atoms with E-state index in [4.69, 9.17) is 15.9 Å². The highest BCUT2D eigenvalue weighted by Crippen LogP contribution is 2.09. The van der Waals surface area contributed by atoms with Crippen molar-refractivity contribution in [2.75, 3.05) is 0 Å². The van der Waals surface area contributed by atoms with Gasteiger partial charge in [0.25, 0.3) is 0 Å². The highest BCUT2D eigenvalue weighted by molar-refractivity contribution is 5.96. The Morgan fingerprint density at radius 3 is 2.46 bits per heavy atom. The van der Waals surface area contributed by atoms with Crippen molar-refractivity contribution in [2.24, 2.45) is 5.73 Å². The van der Waals surface area contributed by atoms with E-state index in [0.717, 1.165) is 6.08 Å². The van der Waals surface area contributed by atoms with Crippen LogP contribution in [0.15, 0.2) is 23.4 Å². The normalized spacial score (nSPS) is 21.2. The minimum atomic E-state index is -1.23. The van der Waals surface area contributed by atoms with Gasteiger partial charge in [0, 0.05) is 6.20 Å². The van der Waals surface area contributed by atoms with Crippen LogP contribution in [0.2, 0.25) is 0 Å². The van der Waals surface area contributed by atoms with Gasteiger partial charge in [-0.1, -0.05) is 0 Å². The molecular weight excluding hydrogens is 176 g/mol. The molecule has 1 heterocycles. The first-order valence-electron chi connectivity index (χ1n) is 3.42. The van der Waals surface area contributed by atoms with Gasteiger partial charge in [0.1, 0.15) is 6.17 Å². The number of rotatable bonds is 2. The zero-order valence-electron chi connectivity index (χ0n) is 6.52. The minimum Gasteiger partial charge on any atom is -0.478 e. The van der Waals surface area contributed by atoms with Gasteiger partial charge >= 0.3 is 11.9 Å². The second-order valence-electron chi connectivity index (χ2n) is 2.45. The molecule has 0 aromatic carbocycles. The summed E-state index contributed by atoms with van der Waals surface area (Å²) in [4.78, 5) is 21.0. The van der Waals surface area contributed by atoms with E-state index < -0.39 is 18.1 Å². The fourth-order valence-electron chi connectivity index (χ4n) is 0.887. The van der Waals surface area contributed by atoms with Crippen molar-refractivity contribution < 1.29 is 19.8 Å². The Balaban J connectivity index is 2.98. The molecular formula is C7H8N2O4. The average Bonchev–Trinajstić information content (AvgIpc) is 2.04. The fourth-order valence-corrected chi connectivity index (χ4v) is 0.887. The largest absolute Gasteiger partial charge is 0.478 e. The molecule has 0 aromatic rings. The molecule has 6 heteroatoms. The summed E-state index contributed by atoms with van der Waals surface area (Å²) in [6.07, 6.45) is 1.34. The van der Waals surface area contributed by atoms with Gasteiger partial charge < -0.3 is 21.3 Å². The first kappa shape index (κ1) is 9.27. The summed E-state index contributed by atoms with van der Waals surface area (Å²) < 4.78 is 0. The molecule has 0 radical (unpaired) electrons. The molecule has 5 N–H and O–H groups in total. The average molecular weight is 184 g/mol. The molecule has 0 saturated carbocycles. The maximum atomic E-state index is 10.5. The highest BCUT2D eigenvalue weighted by atomic mass is 16.4. The third-order valence-corrected chi connectivity index (χ3v) is 1.56. The summed E-state index contributed by atoms with van der Waals surface area (Å²) in [6.45, 7) is 0. The number of nitrogens with two attached hydrogens (primary N) is 1. The monoisotopic (exact) mass is 184 g/mol. The van der Waals surface area contributed by atoms with Gasteiger partial charge in [0.2, 0.25) is 0 Å². The zero-order valence-corrected chi connectivity index (χ0v) is 6.52. The number of hydrogen-bond acceptors (Lipinski definition) is 4. The Morgan fingerprint density at radius 1 is 1.38 bits per heavy atom. The molecule has 13 heavy (non-hydrogen) atoms. The standard InChI is InChI=1S/C7H8N2O4/c8-5-4(7(12)13)1-3(2-9-5)6(10)11/h1-2,5,9H,8H2,(H,10,11)(H,12,13). The fraction of sp³-hybridized carbons (Fsp3) is 0.143. The summed E-state index contributed by atoms with van der Waals surface area (Å²) in [6, 6.07) is 0. The Bertz CT molecular complexity index is 318. The number of carboxylic acid groups (broad SMARTS) is 2. The number of nitrogens with one attached hydrogen (secondary N) is 1. The Labute approximate surface area is 73.3 Å². The Morgan fingerprint density at radius 2 is 2.00 bits per heavy atom. The Hall–Kier alpha value is -1.82. The van der Waals surface area contributed by atoms with Crippen molar-refractivity contribution in [2.45, 2.75) is 6.17 Å². The lowest BCUT2D eigenvalue weighted by Gasteiger charge is -2.17. The molecule has 6 nitrogen and oxygen atoms in total. The second-order valence-corrected chi connectivity index (χ2v) is 2.45. The minimum absolute atomic E-state index is 0.126. The summed E-state index contributed by atoms with van der Waals surface area (Å²) in [5, 5.41) is 19.6. The molecule has 1 aliphatic heterocycles. The van der Waals surface area contributed by atoms with Gasteiger partial charge in [-0.2, -0.15) is 0 Å². The smallest absolute Gasteiger partial charge is 0.337 e. The quantitative estimate of drug-likeness (QED) is 0.431. The van der Waals surface area contributed by atoms with Gasteiger partial charge in [-0.15, -0.1) is 0 Å². The van der Waals surface area contributed by atoms with Crippen molar-refractivity contribution in [3.63, 3.8) is 0 Å². The predicted molar refractivity (Wildman–Crippen MR) is 42.5 cm³/mol. The van der Waals surface area contributed by atoms with E-state index in [0.29, 0.717) is 0 Å². The number of carbonyl (C=O) groups is 2. The van der Waals surface area contributed by atoms with Crippen LogP contribution in [0.1, 0.15) is 0 Å². The van der Waals surface area contributed by atoms with E-state index >= 15 is 0 Å². The van der Waals surface area contributed by atoms with E-state index in [9.17, 15) is 9.59 Å². The van der Waals surface area contributed by atoms with Crippen LogP contribution in [-0.4, -0.2) is 28.3 Å². The molecule has 0 aliphatic carbocycles. The predicted octanol–water partition coefficient (Wildman–Crippen LogP) is -1.15. The molecule has 0 spiro atoms. The maximum Gasteiger partial charge on any atom is 0.337 e. The van der Waals surface area contributed by atoms with E-state index in [1.54, 1.807) is 0 Å². The number of aliphatic carboxylic acids is 2. The molecule has 1 atom stereocenters. The van der Waals surface area contributed by atoms with Crippen LogP contribution in [0.3, 0.4) is 0 Å². The van der Waals surface area contributed by atoms with E-state index in [1.165, 1.54) is 6.20 Å². The first-order valence-corrected chi connectivity index (χ1v) is 3.42. The SMILES string of the molecule is NC1NC=C(C(=O)O)C=C1C(=O)O. The lowest BCUT2D eigenvalue weighted by Crippen LogP contribution is -2.41. The van der Waals surface area contributed by atoms with Gasteiger partial charge in [0.15, 0.2) is 0 Å². The van der Waals surface area contributed by atoms with Gasteiger partial charge in [-0.05, 0) is 6.08 Å². The van der Waals surface area contributed by atoms with E-state index in [-0.39, 0.29) is 11.1 Å². The Kier molecular flexibility index (Phi) is 2.34. The van der Waals surface area contributed by atoms with Crippen molar-refractivity contribution in [1.82, 2.24) is 5.32 Å². The molecule has 0 bridgehead atoms. The van der Waals surface area contributed by atoms with Crippen molar-refractivity contribution >= 4 is 11.9 Å². The summed E-state index contributed by atoms with van der Waals surface area (Å²) in [5.41, 5.74) is 5.05. The maximum absolute atomic E-state index is 10.5. The van der Waals surface area contributed by atoms with Crippen molar-refractivity contribution in [3.05, 3.63) is 23.4 Å².